The van der Waals surface area contributed by atoms with Crippen LogP contribution in [0.15, 0.2) is 42.5 Å². The van der Waals surface area contributed by atoms with Gasteiger partial charge in [-0.15, -0.1) is 0 Å². The monoisotopic (exact) mass is 541 g/mol. The Morgan fingerprint density at radius 3 is 2.11 bits per heavy atom. The van der Waals surface area contributed by atoms with Crippen molar-refractivity contribution in [2.24, 2.45) is 5.73 Å². The molecule has 0 unspecified atom stereocenters. The molecule has 3 amide bonds. The minimum Gasteiger partial charge on any atom is -0.497 e. The average Bonchev–Trinajstić information content (AvgIpc) is 3.27. The van der Waals surface area contributed by atoms with E-state index in [1.165, 1.54) is 26.2 Å². The second-order valence-electron chi connectivity index (χ2n) is 9.27. The molecule has 1 atom stereocenters. The topological polar surface area (TPSA) is 159 Å². The van der Waals surface area contributed by atoms with Crippen LogP contribution in [-0.2, 0) is 4.79 Å². The van der Waals surface area contributed by atoms with E-state index in [1.807, 2.05) is 20.8 Å². The van der Waals surface area contributed by atoms with E-state index in [1.54, 1.807) is 42.5 Å². The quantitative estimate of drug-likeness (QED) is 0.373. The molecule has 0 aliphatic rings. The van der Waals surface area contributed by atoms with E-state index in [2.05, 4.69) is 9.69 Å². The first-order chi connectivity index (χ1) is 17.9. The Hall–Kier alpha value is -4.32. The highest BCUT2D eigenvalue weighted by Crippen LogP contribution is 2.37. The fraction of sp³-hybridized carbons (Fsp3) is 0.308. The highest BCUT2D eigenvalue weighted by molar-refractivity contribution is 7.09. The number of methoxy groups -OCH3 is 3. The molecule has 3 rings (SSSR count). The molecule has 0 fully saturated rings. The van der Waals surface area contributed by atoms with E-state index in [4.69, 9.17) is 25.7 Å². The first-order valence-corrected chi connectivity index (χ1v) is 12.3. The predicted octanol–water partition coefficient (Wildman–Crippen LogP) is 3.15. The van der Waals surface area contributed by atoms with E-state index in [0.717, 1.165) is 11.5 Å². The molecular weight excluding hydrogens is 510 g/mol. The number of hydrogen-bond acceptors (Lipinski definition) is 9. The first-order valence-electron chi connectivity index (χ1n) is 11.5. The molecule has 0 saturated heterocycles. The van der Waals surface area contributed by atoms with Crippen molar-refractivity contribution in [1.29, 1.82) is 0 Å². The van der Waals surface area contributed by atoms with Crippen LogP contribution in [0.4, 0.5) is 11.4 Å². The van der Waals surface area contributed by atoms with Crippen LogP contribution in [0.2, 0.25) is 0 Å². The molecule has 1 heterocycles. The van der Waals surface area contributed by atoms with Gasteiger partial charge in [0.25, 0.3) is 11.8 Å². The minimum atomic E-state index is -1.19. The molecule has 3 aromatic rings. The van der Waals surface area contributed by atoms with Crippen LogP contribution in [0.5, 0.6) is 17.2 Å². The van der Waals surface area contributed by atoms with Gasteiger partial charge in [-0.25, -0.2) is 0 Å². The number of rotatable bonds is 9. The van der Waals surface area contributed by atoms with Crippen molar-refractivity contribution in [3.8, 4) is 17.2 Å². The number of nitrogens with zero attached hydrogens (tertiary/aromatic N) is 2. The Bertz CT molecular complexity index is 1330. The molecule has 0 aliphatic heterocycles. The van der Waals surface area contributed by atoms with E-state index in [-0.39, 0.29) is 16.3 Å². The zero-order valence-electron chi connectivity index (χ0n) is 22.0. The number of nitrogens with two attached hydrogens (primary N) is 2. The second-order valence-corrected chi connectivity index (χ2v) is 10.0. The summed E-state index contributed by atoms with van der Waals surface area (Å²) < 4.78 is 20.0. The fourth-order valence-electron chi connectivity index (χ4n) is 3.74. The summed E-state index contributed by atoms with van der Waals surface area (Å²) in [7, 11) is 4.49. The summed E-state index contributed by atoms with van der Waals surface area (Å²) in [6, 6.07) is 10.4. The second kappa shape index (κ2) is 11.4. The Balaban J connectivity index is 2.28. The molecule has 0 saturated carbocycles. The third-order valence-electron chi connectivity index (χ3n) is 5.45. The van der Waals surface area contributed by atoms with Crippen LogP contribution in [0.1, 0.15) is 52.5 Å². The molecule has 0 radical (unpaired) electrons. The lowest BCUT2D eigenvalue weighted by atomic mass is 9.99. The third kappa shape index (κ3) is 5.97. The molecule has 11 nitrogen and oxygen atoms in total. The number of nitrogens with one attached hydrogen (secondary N) is 1. The number of amides is 3. The highest BCUT2D eigenvalue weighted by Gasteiger charge is 2.37. The zero-order chi connectivity index (χ0) is 28.2. The summed E-state index contributed by atoms with van der Waals surface area (Å²) in [5.74, 6) is -0.610. The molecule has 38 heavy (non-hydrogen) atoms. The normalized spacial score (nSPS) is 11.8. The third-order valence-corrected chi connectivity index (χ3v) is 6.30. The van der Waals surface area contributed by atoms with Crippen LogP contribution in [0.25, 0.3) is 0 Å². The van der Waals surface area contributed by atoms with E-state index >= 15 is 0 Å². The van der Waals surface area contributed by atoms with Gasteiger partial charge in [-0.3, -0.25) is 19.3 Å². The van der Waals surface area contributed by atoms with Gasteiger partial charge in [0.05, 0.1) is 27.0 Å². The maximum absolute atomic E-state index is 14.1. The smallest absolute Gasteiger partial charge is 0.273 e. The van der Waals surface area contributed by atoms with E-state index < -0.39 is 29.3 Å². The van der Waals surface area contributed by atoms with Crippen molar-refractivity contribution in [3.63, 3.8) is 0 Å². The van der Waals surface area contributed by atoms with Gasteiger partial charge < -0.3 is 31.0 Å². The summed E-state index contributed by atoms with van der Waals surface area (Å²) >= 11 is 0.726. The lowest BCUT2D eigenvalue weighted by Gasteiger charge is -2.34. The van der Waals surface area contributed by atoms with Gasteiger partial charge in [-0.2, -0.15) is 4.37 Å². The Morgan fingerprint density at radius 1 is 0.974 bits per heavy atom. The van der Waals surface area contributed by atoms with Crippen molar-refractivity contribution in [1.82, 2.24) is 9.69 Å². The molecule has 0 spiro atoms. The minimum absolute atomic E-state index is 0.0383. The van der Waals surface area contributed by atoms with Gasteiger partial charge in [0.2, 0.25) is 5.91 Å². The van der Waals surface area contributed by atoms with Gasteiger partial charge >= 0.3 is 0 Å². The van der Waals surface area contributed by atoms with Crippen molar-refractivity contribution in [2.75, 3.05) is 32.0 Å². The number of ether oxygens (including phenoxy) is 3. The molecule has 202 valence electrons. The van der Waals surface area contributed by atoms with Gasteiger partial charge in [0.15, 0.2) is 17.2 Å². The maximum Gasteiger partial charge on any atom is 0.273 e. The lowest BCUT2D eigenvalue weighted by molar-refractivity contribution is -0.123. The van der Waals surface area contributed by atoms with Gasteiger partial charge in [-0.05, 0) is 74.3 Å². The van der Waals surface area contributed by atoms with Crippen LogP contribution < -0.4 is 35.9 Å². The molecule has 5 N–H and O–H groups in total. The maximum atomic E-state index is 14.1. The lowest BCUT2D eigenvalue weighted by Crippen LogP contribution is -2.49. The molecule has 2 aromatic carbocycles. The summed E-state index contributed by atoms with van der Waals surface area (Å²) in [5, 5.41) is 2.95. The number of benzene rings is 2. The van der Waals surface area contributed by atoms with Crippen molar-refractivity contribution in [2.45, 2.75) is 32.4 Å². The van der Waals surface area contributed by atoms with Gasteiger partial charge in [-0.1, -0.05) is 6.07 Å². The van der Waals surface area contributed by atoms with E-state index in [0.29, 0.717) is 28.5 Å². The SMILES string of the molecule is COc1ccc(N(C(=O)c2snc(C(N)=O)c2N)[C@@H](C(=O)NC(C)(C)C)c2ccc(OC)c(OC)c2)cc1. The molecule has 12 heteroatoms. The number of nitrogen functional groups attached to an aromatic ring is 1. The average molecular weight is 542 g/mol. The molecule has 1 aromatic heterocycles. The van der Waals surface area contributed by atoms with Crippen molar-refractivity contribution in [3.05, 3.63) is 58.6 Å². The van der Waals surface area contributed by atoms with Gasteiger partial charge in [0.1, 0.15) is 16.7 Å². The highest BCUT2D eigenvalue weighted by atomic mass is 32.1. The predicted molar refractivity (Wildman–Crippen MR) is 145 cm³/mol. The van der Waals surface area contributed by atoms with Gasteiger partial charge in [0, 0.05) is 11.2 Å². The largest absolute Gasteiger partial charge is 0.497 e. The molecular formula is C26H31N5O6S. The number of carbonyl (C=O) groups excluding carboxylic acids is 3. The van der Waals surface area contributed by atoms with Crippen LogP contribution in [0.3, 0.4) is 0 Å². The first kappa shape index (κ1) is 28.3. The Morgan fingerprint density at radius 2 is 1.61 bits per heavy atom. The zero-order valence-corrected chi connectivity index (χ0v) is 22.8. The fourth-order valence-corrected chi connectivity index (χ4v) is 4.49. The number of carbonyl (C=O) groups is 3. The molecule has 0 aliphatic carbocycles. The van der Waals surface area contributed by atoms with Crippen molar-refractivity contribution < 1.29 is 28.6 Å². The summed E-state index contributed by atoms with van der Waals surface area (Å²) in [6.45, 7) is 5.49. The number of aromatic nitrogens is 1. The number of anilines is 2. The molecule has 0 bridgehead atoms. The van der Waals surface area contributed by atoms with Crippen molar-refractivity contribution >= 4 is 40.6 Å². The Kier molecular flexibility index (Phi) is 8.46. The standard InChI is InChI=1S/C26H31N5O6S/c1-26(2,3)29-24(33)21(14-7-12-17(36-5)18(13-14)37-6)31(15-8-10-16(35-4)11-9-15)25(34)22-19(27)20(23(28)32)30-38-22/h7-13,21H,27H2,1-6H3,(H2,28,32)(H,29,33)/t21-/m1/s1. The summed E-state index contributed by atoms with van der Waals surface area (Å²) in [4.78, 5) is 41.0. The van der Waals surface area contributed by atoms with Crippen LogP contribution in [0, 0.1) is 0 Å². The van der Waals surface area contributed by atoms with E-state index in [9.17, 15) is 14.4 Å². The summed E-state index contributed by atoms with van der Waals surface area (Å²) in [5.41, 5.74) is 11.3. The summed E-state index contributed by atoms with van der Waals surface area (Å²) in [6.07, 6.45) is 0. The number of primary amides is 1. The van der Waals surface area contributed by atoms with Crippen LogP contribution >= 0.6 is 11.5 Å². The Labute approximate surface area is 224 Å². The number of hydrogen-bond donors (Lipinski definition) is 3. The van der Waals surface area contributed by atoms with Crippen LogP contribution in [-0.4, -0.2) is 49.0 Å².